The van der Waals surface area contributed by atoms with Crippen molar-refractivity contribution in [1.82, 2.24) is 9.55 Å². The van der Waals surface area contributed by atoms with Crippen molar-refractivity contribution in [3.8, 4) is 6.07 Å². The number of nitriles is 1. The number of nitrogens with two attached hydrogens (primary N) is 1. The van der Waals surface area contributed by atoms with E-state index < -0.39 is 0 Å². The molecule has 0 spiro atoms. The molecule has 13 heavy (non-hydrogen) atoms. The standard InChI is InChI=1S/C8H11ClN4/c9-8-12-6-7(2-4-11)13(8)5-1-3-10/h6H,1-3,5,10H2. The lowest BCUT2D eigenvalue weighted by molar-refractivity contribution is 0.632. The lowest BCUT2D eigenvalue weighted by atomic mass is 10.3. The Hall–Kier alpha value is -1.05. The smallest absolute Gasteiger partial charge is 0.202 e. The lowest BCUT2D eigenvalue weighted by Crippen LogP contribution is -2.08. The zero-order chi connectivity index (χ0) is 9.68. The third-order valence-electron chi connectivity index (χ3n) is 1.74. The number of hydrogen-bond donors (Lipinski definition) is 1. The molecule has 0 fully saturated rings. The third kappa shape index (κ3) is 2.44. The van der Waals surface area contributed by atoms with Crippen LogP contribution in [0.25, 0.3) is 0 Å². The Morgan fingerprint density at radius 3 is 3.08 bits per heavy atom. The summed E-state index contributed by atoms with van der Waals surface area (Å²) in [5, 5.41) is 8.95. The van der Waals surface area contributed by atoms with Crippen LogP contribution in [0.4, 0.5) is 0 Å². The molecule has 0 aromatic carbocycles. The van der Waals surface area contributed by atoms with Crippen molar-refractivity contribution >= 4 is 11.6 Å². The van der Waals surface area contributed by atoms with E-state index in [0.29, 0.717) is 18.2 Å². The molecule has 0 radical (unpaired) electrons. The first-order chi connectivity index (χ1) is 6.29. The Kier molecular flexibility index (Phi) is 3.74. The topological polar surface area (TPSA) is 67.6 Å². The molecule has 0 aliphatic heterocycles. The average Bonchev–Trinajstić information content (AvgIpc) is 2.45. The van der Waals surface area contributed by atoms with Gasteiger partial charge in [-0.3, -0.25) is 0 Å². The molecule has 1 aromatic rings. The van der Waals surface area contributed by atoms with Crippen molar-refractivity contribution in [2.75, 3.05) is 6.54 Å². The molecule has 70 valence electrons. The van der Waals surface area contributed by atoms with E-state index >= 15 is 0 Å². The summed E-state index contributed by atoms with van der Waals surface area (Å²) in [4.78, 5) is 3.92. The van der Waals surface area contributed by atoms with E-state index in [9.17, 15) is 0 Å². The SMILES string of the molecule is N#CCc1cnc(Cl)n1CCCN. The monoisotopic (exact) mass is 198 g/mol. The Bertz CT molecular complexity index is 312. The number of rotatable bonds is 4. The van der Waals surface area contributed by atoms with E-state index in [2.05, 4.69) is 11.1 Å². The van der Waals surface area contributed by atoms with Crippen LogP contribution in [-0.2, 0) is 13.0 Å². The Labute approximate surface area is 81.9 Å². The molecule has 0 saturated heterocycles. The van der Waals surface area contributed by atoms with Crippen LogP contribution in [0.3, 0.4) is 0 Å². The quantitative estimate of drug-likeness (QED) is 0.784. The van der Waals surface area contributed by atoms with Gasteiger partial charge in [0.15, 0.2) is 0 Å². The fourth-order valence-corrected chi connectivity index (χ4v) is 1.33. The first-order valence-corrected chi connectivity index (χ1v) is 4.44. The molecule has 0 amide bonds. The molecule has 0 saturated carbocycles. The lowest BCUT2D eigenvalue weighted by Gasteiger charge is -2.05. The van der Waals surface area contributed by atoms with Gasteiger partial charge < -0.3 is 10.3 Å². The van der Waals surface area contributed by atoms with Gasteiger partial charge in [-0.2, -0.15) is 5.26 Å². The minimum absolute atomic E-state index is 0.338. The second kappa shape index (κ2) is 4.85. The number of aromatic nitrogens is 2. The minimum Gasteiger partial charge on any atom is -0.330 e. The first kappa shape index (κ1) is 10.0. The van der Waals surface area contributed by atoms with Gasteiger partial charge in [0.25, 0.3) is 0 Å². The van der Waals surface area contributed by atoms with Gasteiger partial charge in [-0.05, 0) is 24.6 Å². The number of hydrogen-bond acceptors (Lipinski definition) is 3. The minimum atomic E-state index is 0.338. The van der Waals surface area contributed by atoms with Crippen LogP contribution in [0.2, 0.25) is 5.28 Å². The Morgan fingerprint density at radius 2 is 2.46 bits per heavy atom. The molecular weight excluding hydrogens is 188 g/mol. The Morgan fingerprint density at radius 1 is 1.69 bits per heavy atom. The highest BCUT2D eigenvalue weighted by Gasteiger charge is 2.06. The number of nitrogens with zero attached hydrogens (tertiary/aromatic N) is 3. The van der Waals surface area contributed by atoms with Crippen molar-refractivity contribution in [2.24, 2.45) is 5.73 Å². The summed E-state index contributed by atoms with van der Waals surface area (Å²) < 4.78 is 1.82. The van der Waals surface area contributed by atoms with Gasteiger partial charge in [-0.25, -0.2) is 4.98 Å². The number of imidazole rings is 1. The highest BCUT2D eigenvalue weighted by molar-refractivity contribution is 6.28. The molecule has 0 aliphatic rings. The van der Waals surface area contributed by atoms with Gasteiger partial charge in [0.1, 0.15) is 0 Å². The zero-order valence-electron chi connectivity index (χ0n) is 7.20. The fourth-order valence-electron chi connectivity index (χ4n) is 1.09. The van der Waals surface area contributed by atoms with Gasteiger partial charge in [0.05, 0.1) is 24.4 Å². The van der Waals surface area contributed by atoms with Gasteiger partial charge in [-0.15, -0.1) is 0 Å². The summed E-state index contributed by atoms with van der Waals surface area (Å²) in [5.74, 6) is 0. The van der Waals surface area contributed by atoms with E-state index in [1.165, 1.54) is 0 Å². The molecule has 4 nitrogen and oxygen atoms in total. The van der Waals surface area contributed by atoms with Crippen LogP contribution in [0.5, 0.6) is 0 Å². The summed E-state index contributed by atoms with van der Waals surface area (Å²) >= 11 is 5.82. The summed E-state index contributed by atoms with van der Waals surface area (Å²) in [6, 6.07) is 2.06. The second-order valence-corrected chi connectivity index (χ2v) is 2.99. The van der Waals surface area contributed by atoms with Gasteiger partial charge in [0, 0.05) is 6.54 Å². The van der Waals surface area contributed by atoms with Crippen molar-refractivity contribution in [3.05, 3.63) is 17.2 Å². The number of halogens is 1. The molecule has 0 unspecified atom stereocenters. The van der Waals surface area contributed by atoms with E-state index in [1.807, 2.05) is 4.57 Å². The summed E-state index contributed by atoms with van der Waals surface area (Å²) in [6.07, 6.45) is 2.81. The molecule has 0 atom stereocenters. The second-order valence-electron chi connectivity index (χ2n) is 2.65. The van der Waals surface area contributed by atoms with Crippen molar-refractivity contribution < 1.29 is 0 Å². The highest BCUT2D eigenvalue weighted by Crippen LogP contribution is 2.11. The van der Waals surface area contributed by atoms with Crippen molar-refractivity contribution in [3.63, 3.8) is 0 Å². The van der Waals surface area contributed by atoms with E-state index in [0.717, 1.165) is 18.7 Å². The maximum Gasteiger partial charge on any atom is 0.202 e. The average molecular weight is 199 g/mol. The van der Waals surface area contributed by atoms with Gasteiger partial charge >= 0.3 is 0 Å². The summed E-state index contributed by atoms with van der Waals surface area (Å²) in [7, 11) is 0. The van der Waals surface area contributed by atoms with Crippen molar-refractivity contribution in [1.29, 1.82) is 5.26 Å². The fraction of sp³-hybridized carbons (Fsp3) is 0.500. The van der Waals surface area contributed by atoms with Crippen molar-refractivity contribution in [2.45, 2.75) is 19.4 Å². The molecule has 1 heterocycles. The summed E-state index contributed by atoms with van der Waals surface area (Å²) in [6.45, 7) is 1.34. The molecule has 0 bridgehead atoms. The predicted molar refractivity (Wildman–Crippen MR) is 50.2 cm³/mol. The molecular formula is C8H11ClN4. The largest absolute Gasteiger partial charge is 0.330 e. The molecule has 1 rings (SSSR count). The van der Waals surface area contributed by atoms with Gasteiger partial charge in [0.2, 0.25) is 5.28 Å². The van der Waals surface area contributed by atoms with Crippen LogP contribution < -0.4 is 5.73 Å². The normalized spacial score (nSPS) is 9.92. The predicted octanol–water partition coefficient (Wildman–Crippen LogP) is 0.951. The van der Waals surface area contributed by atoms with Crippen LogP contribution in [0, 0.1) is 11.3 Å². The molecule has 1 aromatic heterocycles. The molecule has 2 N–H and O–H groups in total. The summed E-state index contributed by atoms with van der Waals surface area (Å²) in [5.41, 5.74) is 6.23. The van der Waals surface area contributed by atoms with E-state index in [1.54, 1.807) is 6.20 Å². The third-order valence-corrected chi connectivity index (χ3v) is 2.04. The molecule has 0 aliphatic carbocycles. The van der Waals surface area contributed by atoms with E-state index in [-0.39, 0.29) is 0 Å². The van der Waals surface area contributed by atoms with Crippen LogP contribution in [0.15, 0.2) is 6.20 Å². The maximum absolute atomic E-state index is 8.52. The van der Waals surface area contributed by atoms with Crippen LogP contribution in [-0.4, -0.2) is 16.1 Å². The molecule has 5 heteroatoms. The van der Waals surface area contributed by atoms with Crippen LogP contribution in [0.1, 0.15) is 12.1 Å². The highest BCUT2D eigenvalue weighted by atomic mass is 35.5. The Balaban J connectivity index is 2.76. The first-order valence-electron chi connectivity index (χ1n) is 4.06. The zero-order valence-corrected chi connectivity index (χ0v) is 7.96. The van der Waals surface area contributed by atoms with Crippen LogP contribution >= 0.6 is 11.6 Å². The maximum atomic E-state index is 8.52. The van der Waals surface area contributed by atoms with E-state index in [4.69, 9.17) is 22.6 Å². The van der Waals surface area contributed by atoms with Gasteiger partial charge in [-0.1, -0.05) is 0 Å².